The molecule has 2 amide bonds. The average molecular weight is 421 g/mol. The average Bonchev–Trinajstić information content (AvgIpc) is 3.34. The Labute approximate surface area is 175 Å². The van der Waals surface area contributed by atoms with Crippen molar-refractivity contribution in [1.29, 1.82) is 0 Å². The molecule has 1 aromatic heterocycles. The van der Waals surface area contributed by atoms with Crippen LogP contribution >= 0.6 is 0 Å². The van der Waals surface area contributed by atoms with Crippen LogP contribution < -0.4 is 16.0 Å². The van der Waals surface area contributed by atoms with Gasteiger partial charge in [-0.25, -0.2) is 18.7 Å². The molecular formula is C22H17F2N5O2. The molecule has 3 aromatic rings. The zero-order valence-corrected chi connectivity index (χ0v) is 16.2. The second-order valence-corrected chi connectivity index (χ2v) is 7.38. The molecule has 2 aromatic carbocycles. The number of carbonyl (C=O) groups is 2. The summed E-state index contributed by atoms with van der Waals surface area (Å²) < 4.78 is 28.6. The van der Waals surface area contributed by atoms with Crippen LogP contribution in [0.1, 0.15) is 34.0 Å². The van der Waals surface area contributed by atoms with Gasteiger partial charge in [0.15, 0.2) is 5.82 Å². The van der Waals surface area contributed by atoms with Crippen molar-refractivity contribution in [2.45, 2.75) is 18.9 Å². The van der Waals surface area contributed by atoms with E-state index in [1.165, 1.54) is 6.07 Å². The van der Waals surface area contributed by atoms with Crippen LogP contribution in [0.5, 0.6) is 0 Å². The first kappa shape index (κ1) is 19.1. The zero-order valence-electron chi connectivity index (χ0n) is 16.2. The molecule has 7 nitrogen and oxygen atoms in total. The monoisotopic (exact) mass is 421 g/mol. The minimum atomic E-state index is -0.789. The van der Waals surface area contributed by atoms with Gasteiger partial charge in [0.1, 0.15) is 23.0 Å². The van der Waals surface area contributed by atoms with Crippen molar-refractivity contribution in [3.63, 3.8) is 0 Å². The number of benzene rings is 2. The number of nitrogens with one attached hydrogen (secondary N) is 3. The van der Waals surface area contributed by atoms with Crippen LogP contribution in [-0.2, 0) is 11.3 Å². The van der Waals surface area contributed by atoms with Crippen LogP contribution in [-0.4, -0.2) is 28.3 Å². The van der Waals surface area contributed by atoms with E-state index in [0.717, 1.165) is 24.1 Å². The number of nitrogens with zero attached hydrogens (tertiary/aromatic N) is 2. The van der Waals surface area contributed by atoms with Crippen LogP contribution in [0.25, 0.3) is 11.4 Å². The first-order chi connectivity index (χ1) is 15.0. The van der Waals surface area contributed by atoms with Crippen LogP contribution in [0, 0.1) is 11.6 Å². The van der Waals surface area contributed by atoms with Gasteiger partial charge in [-0.1, -0.05) is 18.2 Å². The lowest BCUT2D eigenvalue weighted by molar-refractivity contribution is -0.120. The molecule has 3 N–H and O–H groups in total. The van der Waals surface area contributed by atoms with Crippen LogP contribution in [0.2, 0.25) is 0 Å². The lowest BCUT2D eigenvalue weighted by Gasteiger charge is -2.13. The molecule has 0 spiro atoms. The minimum absolute atomic E-state index is 0.00237. The van der Waals surface area contributed by atoms with Gasteiger partial charge in [0, 0.05) is 12.2 Å². The van der Waals surface area contributed by atoms with Crippen LogP contribution in [0.15, 0.2) is 42.5 Å². The lowest BCUT2D eigenvalue weighted by Crippen LogP contribution is -2.17. The van der Waals surface area contributed by atoms with Gasteiger partial charge in [-0.15, -0.1) is 0 Å². The first-order valence-corrected chi connectivity index (χ1v) is 9.79. The van der Waals surface area contributed by atoms with Crippen LogP contribution in [0.4, 0.5) is 20.3 Å². The third kappa shape index (κ3) is 3.37. The molecule has 156 valence electrons. The highest BCUT2D eigenvalue weighted by Crippen LogP contribution is 2.31. The summed E-state index contributed by atoms with van der Waals surface area (Å²) in [7, 11) is 0. The van der Waals surface area contributed by atoms with Gasteiger partial charge in [0.25, 0.3) is 5.91 Å². The number of anilines is 2. The molecule has 3 heterocycles. The fraction of sp³-hybridized carbons (Fsp3) is 0.182. The number of aromatic nitrogens is 2. The second-order valence-electron chi connectivity index (χ2n) is 7.38. The van der Waals surface area contributed by atoms with E-state index >= 15 is 0 Å². The largest absolute Gasteiger partial charge is 0.356 e. The summed E-state index contributed by atoms with van der Waals surface area (Å²) in [5.41, 5.74) is 1.75. The van der Waals surface area contributed by atoms with E-state index in [9.17, 15) is 18.4 Å². The number of halogens is 2. The number of carbonyl (C=O) groups excluding carboxylic acids is 2. The number of fused-ring (bicyclic) bond motifs is 1. The van der Waals surface area contributed by atoms with Crippen molar-refractivity contribution < 1.29 is 18.4 Å². The van der Waals surface area contributed by atoms with E-state index in [0.29, 0.717) is 17.9 Å². The highest BCUT2D eigenvalue weighted by Gasteiger charge is 2.29. The fourth-order valence-corrected chi connectivity index (χ4v) is 3.89. The van der Waals surface area contributed by atoms with E-state index in [-0.39, 0.29) is 47.0 Å². The van der Waals surface area contributed by atoms with Crippen LogP contribution in [0.3, 0.4) is 0 Å². The molecule has 1 saturated heterocycles. The first-order valence-electron chi connectivity index (χ1n) is 9.79. The van der Waals surface area contributed by atoms with E-state index in [2.05, 4.69) is 25.9 Å². The quantitative estimate of drug-likeness (QED) is 0.602. The molecule has 31 heavy (non-hydrogen) atoms. The van der Waals surface area contributed by atoms with Crippen molar-refractivity contribution in [2.75, 3.05) is 11.9 Å². The standard InChI is InChI=1S/C22H17F2N5O2/c23-14-2-1-3-15(24)17(14)19-28-16-10-26-22(31)18(16)20(29-19)27-12-6-4-11(5-7-12)13-8-9-25-21(13)30/h1-7,13H,8-10H2,(H,25,30)(H,26,31)(H,27,28,29). The highest BCUT2D eigenvalue weighted by atomic mass is 19.1. The zero-order chi connectivity index (χ0) is 21.5. The van der Waals surface area contributed by atoms with Crippen molar-refractivity contribution in [2.24, 2.45) is 0 Å². The molecule has 1 fully saturated rings. The maximum absolute atomic E-state index is 14.3. The fourth-order valence-electron chi connectivity index (χ4n) is 3.89. The summed E-state index contributed by atoms with van der Waals surface area (Å²) in [6, 6.07) is 10.7. The topological polar surface area (TPSA) is 96.0 Å². The Bertz CT molecular complexity index is 1190. The number of hydrogen-bond acceptors (Lipinski definition) is 5. The molecule has 0 saturated carbocycles. The van der Waals surface area contributed by atoms with Gasteiger partial charge in [0.05, 0.1) is 23.7 Å². The molecule has 2 aliphatic rings. The molecular weight excluding hydrogens is 404 g/mol. The summed E-state index contributed by atoms with van der Waals surface area (Å²) in [5.74, 6) is -2.11. The third-order valence-corrected chi connectivity index (χ3v) is 5.44. The van der Waals surface area contributed by atoms with E-state index in [1.807, 2.05) is 12.1 Å². The smallest absolute Gasteiger partial charge is 0.257 e. The van der Waals surface area contributed by atoms with Crippen molar-refractivity contribution >= 4 is 23.3 Å². The van der Waals surface area contributed by atoms with Crippen molar-refractivity contribution in [1.82, 2.24) is 20.6 Å². The van der Waals surface area contributed by atoms with Gasteiger partial charge in [-0.05, 0) is 36.2 Å². The predicted octanol–water partition coefficient (Wildman–Crippen LogP) is 3.01. The van der Waals surface area contributed by atoms with Gasteiger partial charge < -0.3 is 16.0 Å². The Hall–Kier alpha value is -3.88. The van der Waals surface area contributed by atoms with E-state index in [1.54, 1.807) is 12.1 Å². The molecule has 2 aliphatic heterocycles. The minimum Gasteiger partial charge on any atom is -0.356 e. The Morgan fingerprint density at radius 2 is 1.68 bits per heavy atom. The molecule has 1 atom stereocenters. The van der Waals surface area contributed by atoms with Crippen molar-refractivity contribution in [3.05, 3.63) is 70.9 Å². The maximum Gasteiger partial charge on any atom is 0.257 e. The van der Waals surface area contributed by atoms with Gasteiger partial charge >= 0.3 is 0 Å². The molecule has 1 unspecified atom stereocenters. The third-order valence-electron chi connectivity index (χ3n) is 5.44. The Kier molecular flexibility index (Phi) is 4.58. The van der Waals surface area contributed by atoms with Crippen molar-refractivity contribution in [3.8, 4) is 11.4 Å². The molecule has 5 rings (SSSR count). The lowest BCUT2D eigenvalue weighted by atomic mass is 9.97. The summed E-state index contributed by atoms with van der Waals surface area (Å²) in [5, 5.41) is 8.52. The molecule has 9 heteroatoms. The number of amides is 2. The highest BCUT2D eigenvalue weighted by molar-refractivity contribution is 6.03. The summed E-state index contributed by atoms with van der Waals surface area (Å²) in [6.45, 7) is 0.797. The second kappa shape index (κ2) is 7.42. The maximum atomic E-state index is 14.3. The normalized spacial score (nSPS) is 17.3. The molecule has 0 radical (unpaired) electrons. The summed E-state index contributed by atoms with van der Waals surface area (Å²) in [4.78, 5) is 32.7. The van der Waals surface area contributed by atoms with Gasteiger partial charge in [0.2, 0.25) is 5.91 Å². The predicted molar refractivity (Wildman–Crippen MR) is 109 cm³/mol. The summed E-state index contributed by atoms with van der Waals surface area (Å²) in [6.07, 6.45) is 0.739. The molecule has 0 aliphatic carbocycles. The van der Waals surface area contributed by atoms with Gasteiger partial charge in [-0.3, -0.25) is 9.59 Å². The summed E-state index contributed by atoms with van der Waals surface area (Å²) >= 11 is 0. The Balaban J connectivity index is 1.52. The number of hydrogen-bond donors (Lipinski definition) is 3. The van der Waals surface area contributed by atoms with E-state index in [4.69, 9.17) is 0 Å². The van der Waals surface area contributed by atoms with Gasteiger partial charge in [-0.2, -0.15) is 0 Å². The molecule has 0 bridgehead atoms. The Morgan fingerprint density at radius 1 is 0.935 bits per heavy atom. The SMILES string of the molecule is O=C1NCc2nc(-c3c(F)cccc3F)nc(Nc3ccc(C4CCNC4=O)cc3)c21. The van der Waals surface area contributed by atoms with E-state index < -0.39 is 11.6 Å². The Morgan fingerprint density at radius 3 is 2.35 bits per heavy atom. The number of rotatable bonds is 4.